The molecule has 0 saturated heterocycles. The summed E-state index contributed by atoms with van der Waals surface area (Å²) in [6.07, 6.45) is 0.943. The molecule has 1 rings (SSSR count). The Morgan fingerprint density at radius 3 is 2.33 bits per heavy atom. The van der Waals surface area contributed by atoms with Gasteiger partial charge >= 0.3 is 0 Å². The smallest absolute Gasteiger partial charge is 0.143 e. The molecule has 3 nitrogen and oxygen atoms in total. The van der Waals surface area contributed by atoms with E-state index in [1.165, 1.54) is 0 Å². The fourth-order valence-corrected chi connectivity index (χ4v) is 1.67. The van der Waals surface area contributed by atoms with Crippen molar-refractivity contribution in [2.45, 2.75) is 38.6 Å². The van der Waals surface area contributed by atoms with Gasteiger partial charge in [0.25, 0.3) is 0 Å². The monoisotopic (exact) mass is 231 g/mol. The zero-order chi connectivity index (χ0) is 9.14. The van der Waals surface area contributed by atoms with Crippen molar-refractivity contribution in [3.8, 4) is 0 Å². The highest BCUT2D eigenvalue weighted by atomic mass is 79.9. The van der Waals surface area contributed by atoms with Crippen LogP contribution in [0.15, 0.2) is 0 Å². The molecule has 4 heteroatoms. The van der Waals surface area contributed by atoms with E-state index in [1.807, 2.05) is 0 Å². The molecule has 0 N–H and O–H groups in total. The summed E-state index contributed by atoms with van der Waals surface area (Å²) in [5, 5.41) is 8.98. The third-order valence-corrected chi connectivity index (χ3v) is 2.29. The predicted molar refractivity (Wildman–Crippen MR) is 52.4 cm³/mol. The van der Waals surface area contributed by atoms with Gasteiger partial charge in [-0.05, 0) is 13.8 Å². The Morgan fingerprint density at radius 2 is 1.92 bits per heavy atom. The van der Waals surface area contributed by atoms with Crippen LogP contribution in [0.3, 0.4) is 0 Å². The van der Waals surface area contributed by atoms with Gasteiger partial charge in [-0.1, -0.05) is 22.9 Å². The lowest BCUT2D eigenvalue weighted by atomic mass is 10.3. The summed E-state index contributed by atoms with van der Waals surface area (Å²) in [6.45, 7) is 6.39. The summed E-state index contributed by atoms with van der Waals surface area (Å²) in [4.78, 5) is 0. The minimum Gasteiger partial charge on any atom is -0.312 e. The molecule has 0 atom stereocenters. The summed E-state index contributed by atoms with van der Waals surface area (Å²) in [5.74, 6) is 2.08. The molecule has 0 bridgehead atoms. The van der Waals surface area contributed by atoms with Gasteiger partial charge in [0.15, 0.2) is 0 Å². The van der Waals surface area contributed by atoms with E-state index in [1.54, 1.807) is 0 Å². The highest BCUT2D eigenvalue weighted by Gasteiger charge is 2.11. The molecule has 0 aromatic carbocycles. The normalized spacial score (nSPS) is 11.1. The average molecular weight is 232 g/mol. The summed E-state index contributed by atoms with van der Waals surface area (Å²) in [7, 11) is 0. The second-order valence-corrected chi connectivity index (χ2v) is 3.54. The molecule has 0 fully saturated rings. The van der Waals surface area contributed by atoms with Crippen molar-refractivity contribution >= 4 is 15.9 Å². The first kappa shape index (κ1) is 9.71. The van der Waals surface area contributed by atoms with Gasteiger partial charge in [-0.2, -0.15) is 0 Å². The van der Waals surface area contributed by atoms with Crippen LogP contribution in [0.2, 0.25) is 0 Å². The molecule has 1 aromatic rings. The maximum atomic E-state index is 4.11. The predicted octanol–water partition coefficient (Wildman–Crippen LogP) is 2.32. The molecular weight excluding hydrogens is 218 g/mol. The lowest BCUT2D eigenvalue weighted by Crippen LogP contribution is -2.08. The Hall–Kier alpha value is -0.380. The van der Waals surface area contributed by atoms with Crippen LogP contribution in [0.5, 0.6) is 0 Å². The van der Waals surface area contributed by atoms with Crippen molar-refractivity contribution in [1.29, 1.82) is 0 Å². The molecule has 1 heterocycles. The average Bonchev–Trinajstić information content (AvgIpc) is 2.46. The van der Waals surface area contributed by atoms with Gasteiger partial charge in [-0.3, -0.25) is 0 Å². The fraction of sp³-hybridized carbons (Fsp3) is 0.750. The van der Waals surface area contributed by atoms with Gasteiger partial charge < -0.3 is 4.57 Å². The minimum atomic E-state index is 0.447. The van der Waals surface area contributed by atoms with Crippen LogP contribution in [0, 0.1) is 0 Å². The van der Waals surface area contributed by atoms with E-state index in [4.69, 9.17) is 0 Å². The van der Waals surface area contributed by atoms with Crippen molar-refractivity contribution in [2.24, 2.45) is 0 Å². The molecule has 12 heavy (non-hydrogen) atoms. The Morgan fingerprint density at radius 1 is 1.33 bits per heavy atom. The van der Waals surface area contributed by atoms with Crippen molar-refractivity contribution in [1.82, 2.24) is 14.8 Å². The van der Waals surface area contributed by atoms with E-state index < -0.39 is 0 Å². The van der Waals surface area contributed by atoms with E-state index in [0.717, 1.165) is 23.4 Å². The Kier molecular flexibility index (Phi) is 3.26. The van der Waals surface area contributed by atoms with Crippen LogP contribution in [-0.4, -0.2) is 14.8 Å². The fourth-order valence-electron chi connectivity index (χ4n) is 1.29. The molecule has 0 aliphatic carbocycles. The van der Waals surface area contributed by atoms with Crippen molar-refractivity contribution in [3.63, 3.8) is 0 Å². The van der Waals surface area contributed by atoms with E-state index >= 15 is 0 Å². The largest absolute Gasteiger partial charge is 0.312 e. The number of aromatic nitrogens is 3. The van der Waals surface area contributed by atoms with Crippen LogP contribution >= 0.6 is 15.9 Å². The maximum Gasteiger partial charge on any atom is 0.143 e. The number of aryl methyl sites for hydroxylation is 1. The van der Waals surface area contributed by atoms with Crippen LogP contribution < -0.4 is 0 Å². The van der Waals surface area contributed by atoms with Crippen LogP contribution in [0.4, 0.5) is 0 Å². The Bertz CT molecular complexity index is 233. The molecule has 0 saturated carbocycles. The van der Waals surface area contributed by atoms with Crippen LogP contribution in [-0.2, 0) is 11.8 Å². The lowest BCUT2D eigenvalue weighted by molar-refractivity contribution is 0.555. The first-order chi connectivity index (χ1) is 5.70. The van der Waals surface area contributed by atoms with E-state index in [2.05, 4.69) is 51.5 Å². The SMILES string of the molecule is CCc1nnc(CBr)n1C(C)C. The summed E-state index contributed by atoms with van der Waals surface area (Å²) >= 11 is 3.40. The topological polar surface area (TPSA) is 30.7 Å². The van der Waals surface area contributed by atoms with Crippen molar-refractivity contribution in [2.75, 3.05) is 0 Å². The molecule has 0 aliphatic rings. The summed E-state index contributed by atoms with van der Waals surface area (Å²) in [5.41, 5.74) is 0. The highest BCUT2D eigenvalue weighted by molar-refractivity contribution is 9.08. The van der Waals surface area contributed by atoms with Crippen molar-refractivity contribution in [3.05, 3.63) is 11.6 Å². The van der Waals surface area contributed by atoms with Gasteiger partial charge in [0.1, 0.15) is 11.6 Å². The van der Waals surface area contributed by atoms with Gasteiger partial charge in [-0.25, -0.2) is 0 Å². The highest BCUT2D eigenvalue weighted by Crippen LogP contribution is 2.13. The van der Waals surface area contributed by atoms with E-state index in [0.29, 0.717) is 6.04 Å². The van der Waals surface area contributed by atoms with E-state index in [9.17, 15) is 0 Å². The van der Waals surface area contributed by atoms with Gasteiger partial charge in [0, 0.05) is 12.5 Å². The van der Waals surface area contributed by atoms with E-state index in [-0.39, 0.29) is 0 Å². The number of nitrogens with zero attached hydrogens (tertiary/aromatic N) is 3. The standard InChI is InChI=1S/C8H14BrN3/c1-4-7-10-11-8(5-9)12(7)6(2)3/h6H,4-5H2,1-3H3. The molecule has 0 spiro atoms. The molecule has 0 radical (unpaired) electrons. The first-order valence-electron chi connectivity index (χ1n) is 4.19. The zero-order valence-corrected chi connectivity index (χ0v) is 9.30. The summed E-state index contributed by atoms with van der Waals surface area (Å²) in [6, 6.07) is 0.447. The number of hydrogen-bond donors (Lipinski definition) is 0. The van der Waals surface area contributed by atoms with Gasteiger partial charge in [0.2, 0.25) is 0 Å². The van der Waals surface area contributed by atoms with Crippen molar-refractivity contribution < 1.29 is 0 Å². The second-order valence-electron chi connectivity index (χ2n) is 2.98. The minimum absolute atomic E-state index is 0.447. The number of halogens is 1. The summed E-state index contributed by atoms with van der Waals surface area (Å²) < 4.78 is 2.18. The Labute approximate surface area is 81.3 Å². The van der Waals surface area contributed by atoms with Crippen LogP contribution in [0.25, 0.3) is 0 Å². The first-order valence-corrected chi connectivity index (χ1v) is 5.31. The molecule has 68 valence electrons. The third kappa shape index (κ3) is 1.68. The quantitative estimate of drug-likeness (QED) is 0.748. The Balaban J connectivity index is 3.07. The molecule has 1 aromatic heterocycles. The molecule has 0 amide bonds. The van der Waals surface area contributed by atoms with Gasteiger partial charge in [-0.15, -0.1) is 10.2 Å². The lowest BCUT2D eigenvalue weighted by Gasteiger charge is -2.11. The zero-order valence-electron chi connectivity index (χ0n) is 7.71. The second kappa shape index (κ2) is 4.03. The van der Waals surface area contributed by atoms with Gasteiger partial charge in [0.05, 0.1) is 5.33 Å². The third-order valence-electron chi connectivity index (χ3n) is 1.79. The molecular formula is C8H14BrN3. The number of rotatable bonds is 3. The van der Waals surface area contributed by atoms with Crippen LogP contribution in [0.1, 0.15) is 38.5 Å². The maximum absolute atomic E-state index is 4.11. The molecule has 0 unspecified atom stereocenters. The number of hydrogen-bond acceptors (Lipinski definition) is 2. The molecule has 0 aliphatic heterocycles. The number of alkyl halides is 1.